The van der Waals surface area contributed by atoms with Crippen molar-refractivity contribution in [2.24, 2.45) is 0 Å². The Bertz CT molecular complexity index is 865. The van der Waals surface area contributed by atoms with Crippen LogP contribution in [0.15, 0.2) is 30.3 Å². The van der Waals surface area contributed by atoms with E-state index in [4.69, 9.17) is 11.6 Å². The Balaban J connectivity index is 2.28. The first-order valence-corrected chi connectivity index (χ1v) is 6.42. The maximum absolute atomic E-state index is 13.9. The van der Waals surface area contributed by atoms with Crippen LogP contribution in [0, 0.1) is 24.4 Å². The molecule has 0 saturated carbocycles. The van der Waals surface area contributed by atoms with Crippen LogP contribution in [0.25, 0.3) is 22.3 Å². The average Bonchev–Trinajstić information content (AvgIpc) is 2.42. The zero-order valence-corrected chi connectivity index (χ0v) is 11.5. The van der Waals surface area contributed by atoms with Crippen LogP contribution in [0.3, 0.4) is 0 Å². The third-order valence-electron chi connectivity index (χ3n) is 3.10. The van der Waals surface area contributed by atoms with E-state index in [2.05, 4.69) is 9.97 Å². The van der Waals surface area contributed by atoms with Gasteiger partial charge in [0.1, 0.15) is 22.6 Å². The molecule has 0 aliphatic carbocycles. The van der Waals surface area contributed by atoms with E-state index >= 15 is 0 Å². The minimum Gasteiger partial charge on any atom is -0.228 e. The number of hydrogen-bond acceptors (Lipinski definition) is 2. The monoisotopic (exact) mass is 308 g/mol. The fourth-order valence-electron chi connectivity index (χ4n) is 2.01. The standard InChI is InChI=1S/C15H8ClF3N2/c1-7-4-10(12(19)6-11(7)18)15-20-13-5-8(17)2-3-9(13)14(16)21-15/h2-6H,1H3. The predicted molar refractivity (Wildman–Crippen MR) is 74.6 cm³/mol. The third-order valence-corrected chi connectivity index (χ3v) is 3.39. The van der Waals surface area contributed by atoms with Crippen molar-refractivity contribution in [3.8, 4) is 11.4 Å². The topological polar surface area (TPSA) is 25.8 Å². The number of fused-ring (bicyclic) bond motifs is 1. The molecule has 2 nitrogen and oxygen atoms in total. The van der Waals surface area contributed by atoms with Gasteiger partial charge in [-0.05, 0) is 30.7 Å². The second kappa shape index (κ2) is 5.00. The van der Waals surface area contributed by atoms with Crippen molar-refractivity contribution >= 4 is 22.5 Å². The largest absolute Gasteiger partial charge is 0.228 e. The van der Waals surface area contributed by atoms with Gasteiger partial charge in [-0.15, -0.1) is 0 Å². The third kappa shape index (κ3) is 2.45. The van der Waals surface area contributed by atoms with Crippen molar-refractivity contribution in [2.45, 2.75) is 6.92 Å². The molecule has 106 valence electrons. The first-order valence-electron chi connectivity index (χ1n) is 6.04. The van der Waals surface area contributed by atoms with Crippen LogP contribution in [0.4, 0.5) is 13.2 Å². The van der Waals surface area contributed by atoms with E-state index in [1.54, 1.807) is 0 Å². The molecular formula is C15H8ClF3N2. The quantitative estimate of drug-likeness (QED) is 0.610. The van der Waals surface area contributed by atoms with Crippen molar-refractivity contribution in [3.63, 3.8) is 0 Å². The average molecular weight is 309 g/mol. The molecule has 0 spiro atoms. The summed E-state index contributed by atoms with van der Waals surface area (Å²) in [6.45, 7) is 1.50. The highest BCUT2D eigenvalue weighted by atomic mass is 35.5. The molecule has 6 heteroatoms. The molecular weight excluding hydrogens is 301 g/mol. The second-order valence-corrected chi connectivity index (χ2v) is 4.94. The van der Waals surface area contributed by atoms with Gasteiger partial charge < -0.3 is 0 Å². The highest BCUT2D eigenvalue weighted by molar-refractivity contribution is 6.34. The molecule has 0 aliphatic heterocycles. The molecule has 0 N–H and O–H groups in total. The summed E-state index contributed by atoms with van der Waals surface area (Å²) in [5, 5.41) is 0.539. The molecule has 0 unspecified atom stereocenters. The van der Waals surface area contributed by atoms with Crippen molar-refractivity contribution in [1.29, 1.82) is 0 Å². The van der Waals surface area contributed by atoms with Crippen LogP contribution in [0.5, 0.6) is 0 Å². The Kier molecular flexibility index (Phi) is 3.29. The zero-order chi connectivity index (χ0) is 15.1. The van der Waals surface area contributed by atoms with Gasteiger partial charge >= 0.3 is 0 Å². The van der Waals surface area contributed by atoms with E-state index in [-0.39, 0.29) is 27.6 Å². The Hall–Kier alpha value is -2.14. The molecule has 3 rings (SSSR count). The lowest BCUT2D eigenvalue weighted by molar-refractivity contribution is 0.579. The molecule has 0 aliphatic rings. The number of hydrogen-bond donors (Lipinski definition) is 0. The summed E-state index contributed by atoms with van der Waals surface area (Å²) >= 11 is 6.02. The van der Waals surface area contributed by atoms with E-state index < -0.39 is 17.5 Å². The highest BCUT2D eigenvalue weighted by Crippen LogP contribution is 2.28. The van der Waals surface area contributed by atoms with E-state index in [0.29, 0.717) is 5.39 Å². The van der Waals surface area contributed by atoms with Gasteiger partial charge in [0.05, 0.1) is 11.1 Å². The summed E-state index contributed by atoms with van der Waals surface area (Å²) in [7, 11) is 0. The number of rotatable bonds is 1. The van der Waals surface area contributed by atoms with Crippen LogP contribution in [-0.4, -0.2) is 9.97 Å². The molecule has 1 aromatic heterocycles. The molecule has 3 aromatic rings. The summed E-state index contributed by atoms with van der Waals surface area (Å²) < 4.78 is 40.5. The van der Waals surface area contributed by atoms with Gasteiger partial charge in [0.15, 0.2) is 5.82 Å². The normalized spacial score (nSPS) is 11.1. The first kappa shape index (κ1) is 13.8. The Labute approximate surface area is 123 Å². The predicted octanol–water partition coefficient (Wildman–Crippen LogP) is 4.68. The highest BCUT2D eigenvalue weighted by Gasteiger charge is 2.14. The van der Waals surface area contributed by atoms with Gasteiger partial charge in [-0.1, -0.05) is 11.6 Å². The number of benzene rings is 2. The molecule has 0 saturated heterocycles. The van der Waals surface area contributed by atoms with Gasteiger partial charge in [0, 0.05) is 17.5 Å². The minimum absolute atomic E-state index is 0.0151. The molecule has 0 fully saturated rings. The van der Waals surface area contributed by atoms with E-state index in [1.807, 2.05) is 0 Å². The van der Waals surface area contributed by atoms with Gasteiger partial charge in [0.25, 0.3) is 0 Å². The van der Waals surface area contributed by atoms with E-state index in [9.17, 15) is 13.2 Å². The smallest absolute Gasteiger partial charge is 0.164 e. The first-order chi connectivity index (χ1) is 9.95. The summed E-state index contributed by atoms with van der Waals surface area (Å²) in [4.78, 5) is 8.10. The fraction of sp³-hybridized carbons (Fsp3) is 0.0667. The van der Waals surface area contributed by atoms with E-state index in [0.717, 1.165) is 6.07 Å². The van der Waals surface area contributed by atoms with Gasteiger partial charge in [0.2, 0.25) is 0 Å². The fourth-order valence-corrected chi connectivity index (χ4v) is 2.25. The second-order valence-electron chi connectivity index (χ2n) is 4.58. The molecule has 0 bridgehead atoms. The number of aromatic nitrogens is 2. The number of nitrogens with zero attached hydrogens (tertiary/aromatic N) is 2. The summed E-state index contributed by atoms with van der Waals surface area (Å²) in [5.41, 5.74) is 0.527. The van der Waals surface area contributed by atoms with Crippen molar-refractivity contribution in [1.82, 2.24) is 9.97 Å². The molecule has 0 radical (unpaired) electrons. The van der Waals surface area contributed by atoms with Crippen molar-refractivity contribution in [2.75, 3.05) is 0 Å². The molecule has 0 amide bonds. The van der Waals surface area contributed by atoms with Crippen molar-refractivity contribution < 1.29 is 13.2 Å². The lowest BCUT2D eigenvalue weighted by Gasteiger charge is -2.07. The summed E-state index contributed by atoms with van der Waals surface area (Å²) in [5.74, 6) is -1.96. The Morgan fingerprint density at radius 3 is 2.48 bits per heavy atom. The summed E-state index contributed by atoms with van der Waals surface area (Å²) in [6.07, 6.45) is 0. The number of halogens is 4. The molecule has 21 heavy (non-hydrogen) atoms. The minimum atomic E-state index is -0.801. The number of aryl methyl sites for hydroxylation is 1. The molecule has 0 atom stereocenters. The lowest BCUT2D eigenvalue weighted by atomic mass is 10.1. The molecule has 1 heterocycles. The van der Waals surface area contributed by atoms with Gasteiger partial charge in [-0.25, -0.2) is 23.1 Å². The van der Waals surface area contributed by atoms with Crippen LogP contribution < -0.4 is 0 Å². The van der Waals surface area contributed by atoms with Gasteiger partial charge in [-0.2, -0.15) is 0 Å². The van der Waals surface area contributed by atoms with Crippen LogP contribution in [0.1, 0.15) is 5.56 Å². The van der Waals surface area contributed by atoms with E-state index in [1.165, 1.54) is 31.2 Å². The maximum Gasteiger partial charge on any atom is 0.164 e. The Morgan fingerprint density at radius 1 is 0.952 bits per heavy atom. The van der Waals surface area contributed by atoms with Crippen molar-refractivity contribution in [3.05, 3.63) is 58.5 Å². The maximum atomic E-state index is 13.9. The zero-order valence-electron chi connectivity index (χ0n) is 10.8. The van der Waals surface area contributed by atoms with Crippen LogP contribution >= 0.6 is 11.6 Å². The van der Waals surface area contributed by atoms with Gasteiger partial charge in [-0.3, -0.25) is 0 Å². The summed E-state index contributed by atoms with van der Waals surface area (Å²) in [6, 6.07) is 5.92. The van der Waals surface area contributed by atoms with Crippen LogP contribution in [0.2, 0.25) is 5.15 Å². The molecule has 2 aromatic carbocycles. The lowest BCUT2D eigenvalue weighted by Crippen LogP contribution is -1.97. The SMILES string of the molecule is Cc1cc(-c2nc(Cl)c3ccc(F)cc3n2)c(F)cc1F. The Morgan fingerprint density at radius 2 is 1.71 bits per heavy atom. The van der Waals surface area contributed by atoms with Crippen LogP contribution in [-0.2, 0) is 0 Å².